The van der Waals surface area contributed by atoms with Crippen LogP contribution in [0.15, 0.2) is 65.7 Å². The van der Waals surface area contributed by atoms with E-state index in [0.717, 1.165) is 11.4 Å². The van der Waals surface area contributed by atoms with Gasteiger partial charge in [0, 0.05) is 17.6 Å². The summed E-state index contributed by atoms with van der Waals surface area (Å²) < 4.78 is 28.8. The van der Waals surface area contributed by atoms with Gasteiger partial charge in [-0.1, -0.05) is 18.2 Å². The smallest absolute Gasteiger partial charge is 0.269 e. The number of nitrogens with zero attached hydrogens (tertiary/aromatic N) is 2. The molecule has 0 N–H and O–H groups in total. The Morgan fingerprint density at radius 2 is 1.43 bits per heavy atom. The van der Waals surface area contributed by atoms with E-state index >= 15 is 0 Å². The van der Waals surface area contributed by atoms with E-state index in [9.17, 15) is 8.42 Å². The summed E-state index contributed by atoms with van der Waals surface area (Å²) in [6.45, 7) is 3.92. The van der Waals surface area contributed by atoms with Crippen molar-refractivity contribution >= 4 is 10.0 Å². The molecule has 0 unspecified atom stereocenters. The summed E-state index contributed by atoms with van der Waals surface area (Å²) in [5, 5.41) is 0. The number of hydrogen-bond donors (Lipinski definition) is 0. The minimum absolute atomic E-state index is 0.282. The molecule has 108 valence electrons. The molecule has 0 radical (unpaired) electrons. The third-order valence-electron chi connectivity index (χ3n) is 3.49. The Morgan fingerprint density at radius 3 is 2.05 bits per heavy atom. The van der Waals surface area contributed by atoms with Crippen LogP contribution in [0.5, 0.6) is 0 Å². The van der Waals surface area contributed by atoms with Gasteiger partial charge in [0.1, 0.15) is 5.82 Å². The van der Waals surface area contributed by atoms with Gasteiger partial charge < -0.3 is 4.57 Å². The maximum Gasteiger partial charge on any atom is 0.269 e. The second-order valence-corrected chi connectivity index (χ2v) is 6.75. The Morgan fingerprint density at radius 1 is 0.810 bits per heavy atom. The fourth-order valence-electron chi connectivity index (χ4n) is 2.47. The molecule has 0 aliphatic heterocycles. The van der Waals surface area contributed by atoms with Crippen molar-refractivity contribution in [2.75, 3.05) is 0 Å². The molecule has 0 spiro atoms. The Bertz CT molecular complexity index is 855. The van der Waals surface area contributed by atoms with Gasteiger partial charge in [-0.25, -0.2) is 12.4 Å². The highest BCUT2D eigenvalue weighted by molar-refractivity contribution is 7.90. The number of rotatable bonds is 3. The van der Waals surface area contributed by atoms with Gasteiger partial charge in [0.05, 0.1) is 4.90 Å². The molecule has 0 aliphatic rings. The molecule has 0 fully saturated rings. The molecule has 2 aromatic heterocycles. The van der Waals surface area contributed by atoms with Crippen LogP contribution < -0.4 is 0 Å². The van der Waals surface area contributed by atoms with Crippen molar-refractivity contribution in [1.29, 1.82) is 0 Å². The third-order valence-corrected chi connectivity index (χ3v) is 5.19. The molecule has 1 aromatic carbocycles. The van der Waals surface area contributed by atoms with E-state index in [1.807, 2.05) is 30.5 Å². The number of hydrogen-bond acceptors (Lipinski definition) is 2. The molecule has 5 heteroatoms. The summed E-state index contributed by atoms with van der Waals surface area (Å²) in [4.78, 5) is 0.282. The summed E-state index contributed by atoms with van der Waals surface area (Å²) >= 11 is 0. The molecule has 0 saturated carbocycles. The van der Waals surface area contributed by atoms with Gasteiger partial charge in [-0.15, -0.1) is 0 Å². The average molecular weight is 300 g/mol. The van der Waals surface area contributed by atoms with Crippen LogP contribution in [0.1, 0.15) is 11.4 Å². The molecule has 3 rings (SSSR count). The van der Waals surface area contributed by atoms with E-state index in [-0.39, 0.29) is 4.90 Å². The third kappa shape index (κ3) is 2.19. The average Bonchev–Trinajstić information content (AvgIpc) is 3.07. The summed E-state index contributed by atoms with van der Waals surface area (Å²) in [6, 6.07) is 16.0. The maximum atomic E-state index is 12.8. The Kier molecular flexibility index (Phi) is 3.22. The van der Waals surface area contributed by atoms with E-state index in [0.29, 0.717) is 5.82 Å². The largest absolute Gasteiger partial charge is 0.304 e. The van der Waals surface area contributed by atoms with Gasteiger partial charge in [-0.3, -0.25) is 0 Å². The number of benzene rings is 1. The van der Waals surface area contributed by atoms with E-state index < -0.39 is 10.0 Å². The fraction of sp³-hybridized carbons (Fsp3) is 0.125. The van der Waals surface area contributed by atoms with Crippen molar-refractivity contribution in [3.05, 3.63) is 72.2 Å². The molecule has 0 saturated heterocycles. The minimum Gasteiger partial charge on any atom is -0.304 e. The molecule has 3 aromatic rings. The minimum atomic E-state index is -3.59. The van der Waals surface area contributed by atoms with Crippen LogP contribution in [-0.2, 0) is 10.0 Å². The standard InChI is InChI=1S/C16H16N2O2S/c1-13-10-11-14(2)18(13)16-9-6-12-17(16)21(19,20)15-7-4-3-5-8-15/h3-12H,1-2H3. The quantitative estimate of drug-likeness (QED) is 0.746. The number of aryl methyl sites for hydroxylation is 2. The van der Waals surface area contributed by atoms with Gasteiger partial charge in [0.2, 0.25) is 0 Å². The van der Waals surface area contributed by atoms with Crippen molar-refractivity contribution in [2.45, 2.75) is 18.7 Å². The Labute approximate surface area is 124 Å². The first-order valence-corrected chi connectivity index (χ1v) is 8.09. The van der Waals surface area contributed by atoms with Crippen LogP contribution in [0.2, 0.25) is 0 Å². The van der Waals surface area contributed by atoms with Gasteiger partial charge in [-0.05, 0) is 50.2 Å². The first-order valence-electron chi connectivity index (χ1n) is 6.65. The predicted molar refractivity (Wildman–Crippen MR) is 82.3 cm³/mol. The lowest BCUT2D eigenvalue weighted by Gasteiger charge is -2.14. The lowest BCUT2D eigenvalue weighted by molar-refractivity contribution is 0.586. The van der Waals surface area contributed by atoms with Crippen LogP contribution in [0.4, 0.5) is 0 Å². The van der Waals surface area contributed by atoms with Crippen molar-refractivity contribution in [3.8, 4) is 5.82 Å². The highest BCUT2D eigenvalue weighted by Crippen LogP contribution is 2.22. The normalized spacial score (nSPS) is 11.7. The fourth-order valence-corrected chi connectivity index (χ4v) is 3.82. The predicted octanol–water partition coefficient (Wildman–Crippen LogP) is 3.13. The lowest BCUT2D eigenvalue weighted by Crippen LogP contribution is -2.16. The van der Waals surface area contributed by atoms with Crippen molar-refractivity contribution < 1.29 is 8.42 Å². The first-order chi connectivity index (χ1) is 10.0. The van der Waals surface area contributed by atoms with Crippen LogP contribution in [0.25, 0.3) is 5.82 Å². The van der Waals surface area contributed by atoms with Crippen LogP contribution in [0, 0.1) is 13.8 Å². The van der Waals surface area contributed by atoms with Crippen molar-refractivity contribution in [2.24, 2.45) is 0 Å². The van der Waals surface area contributed by atoms with Gasteiger partial charge in [-0.2, -0.15) is 0 Å². The molecule has 2 heterocycles. The molecule has 4 nitrogen and oxygen atoms in total. The number of aromatic nitrogens is 2. The van der Waals surface area contributed by atoms with Crippen molar-refractivity contribution in [1.82, 2.24) is 8.54 Å². The topological polar surface area (TPSA) is 44.0 Å². The summed E-state index contributed by atoms with van der Waals surface area (Å²) in [6.07, 6.45) is 1.58. The molecular formula is C16H16N2O2S. The highest BCUT2D eigenvalue weighted by atomic mass is 32.2. The van der Waals surface area contributed by atoms with Crippen LogP contribution in [0.3, 0.4) is 0 Å². The molecule has 0 atom stereocenters. The van der Waals surface area contributed by atoms with Crippen molar-refractivity contribution in [3.63, 3.8) is 0 Å². The van der Waals surface area contributed by atoms with E-state index in [1.54, 1.807) is 48.7 Å². The SMILES string of the molecule is Cc1ccc(C)n1-c1cccn1S(=O)(=O)c1ccccc1. The summed E-state index contributed by atoms with van der Waals surface area (Å²) in [5.74, 6) is 0.624. The molecular weight excluding hydrogens is 284 g/mol. The maximum absolute atomic E-state index is 12.8. The Balaban J connectivity index is 2.21. The van der Waals surface area contributed by atoms with Gasteiger partial charge in [0.25, 0.3) is 10.0 Å². The van der Waals surface area contributed by atoms with E-state index in [4.69, 9.17) is 0 Å². The zero-order valence-electron chi connectivity index (χ0n) is 11.9. The molecule has 21 heavy (non-hydrogen) atoms. The second-order valence-electron chi connectivity index (χ2n) is 4.93. The summed E-state index contributed by atoms with van der Waals surface area (Å²) in [7, 11) is -3.59. The summed E-state index contributed by atoms with van der Waals surface area (Å²) in [5.41, 5.74) is 1.99. The molecule has 0 amide bonds. The Hall–Kier alpha value is -2.27. The zero-order chi connectivity index (χ0) is 15.0. The molecule has 0 aliphatic carbocycles. The van der Waals surface area contributed by atoms with Crippen LogP contribution >= 0.6 is 0 Å². The monoisotopic (exact) mass is 300 g/mol. The van der Waals surface area contributed by atoms with E-state index in [1.165, 1.54) is 3.97 Å². The first kappa shape index (κ1) is 13.7. The highest BCUT2D eigenvalue weighted by Gasteiger charge is 2.20. The molecule has 0 bridgehead atoms. The van der Waals surface area contributed by atoms with Crippen LogP contribution in [-0.4, -0.2) is 17.0 Å². The van der Waals surface area contributed by atoms with Gasteiger partial charge in [0.15, 0.2) is 0 Å². The van der Waals surface area contributed by atoms with E-state index in [2.05, 4.69) is 0 Å². The second kappa shape index (κ2) is 4.93. The zero-order valence-corrected chi connectivity index (χ0v) is 12.7. The lowest BCUT2D eigenvalue weighted by atomic mass is 10.4. The van der Waals surface area contributed by atoms with Gasteiger partial charge >= 0.3 is 0 Å².